The minimum atomic E-state index is 0.0647. The lowest BCUT2D eigenvalue weighted by Gasteiger charge is -2.02. The van der Waals surface area contributed by atoms with E-state index < -0.39 is 0 Å². The molecule has 0 amide bonds. The van der Waals surface area contributed by atoms with Gasteiger partial charge in [0.2, 0.25) is 0 Å². The van der Waals surface area contributed by atoms with Gasteiger partial charge in [0.05, 0.1) is 0 Å². The zero-order valence-corrected chi connectivity index (χ0v) is 10.1. The minimum Gasteiger partial charge on any atom is -0.295 e. The maximum Gasteiger partial charge on any atom is 0.159 e. The first-order valence-electron chi connectivity index (χ1n) is 5.19. The molecule has 84 valence electrons. The van der Waals surface area contributed by atoms with Crippen LogP contribution in [0.15, 0.2) is 30.1 Å². The van der Waals surface area contributed by atoms with Gasteiger partial charge in [-0.05, 0) is 39.3 Å². The predicted octanol–water partition coefficient (Wildman–Crippen LogP) is 2.72. The number of allylic oxidation sites excluding steroid dienone is 4. The van der Waals surface area contributed by atoms with Crippen LogP contribution in [-0.2, 0) is 4.79 Å². The maximum atomic E-state index is 11.3. The smallest absolute Gasteiger partial charge is 0.159 e. The molecule has 0 saturated heterocycles. The molecule has 0 aliphatic rings. The molecule has 1 aromatic rings. The molecule has 0 saturated carbocycles. The molecule has 0 aromatic carbocycles. The molecule has 0 spiro atoms. The van der Waals surface area contributed by atoms with Crippen LogP contribution in [0.25, 0.3) is 5.57 Å². The van der Waals surface area contributed by atoms with Crippen LogP contribution in [0, 0.1) is 6.92 Å². The molecule has 0 unspecified atom stereocenters. The number of hydrogen-bond donors (Lipinski definition) is 0. The standard InChI is InChI=1S/C13H16N2O/c1-5-12(10(3)16)6-9(2)13-7-14-11(4)15-8-13/h5-8H,1-4H3/b9-6+,12-5+. The Hall–Kier alpha value is -1.77. The maximum absolute atomic E-state index is 11.3. The van der Waals surface area contributed by atoms with E-state index in [0.29, 0.717) is 5.57 Å². The SMILES string of the molecule is C/C=C(\C=C(/C)c1cnc(C)nc1)C(C)=O. The first kappa shape index (κ1) is 12.3. The average Bonchev–Trinajstić information content (AvgIpc) is 2.26. The van der Waals surface area contributed by atoms with E-state index in [9.17, 15) is 4.79 Å². The summed E-state index contributed by atoms with van der Waals surface area (Å²) in [5.74, 6) is 0.809. The second kappa shape index (κ2) is 5.35. The van der Waals surface area contributed by atoms with Gasteiger partial charge in [0.25, 0.3) is 0 Å². The van der Waals surface area contributed by atoms with Crippen molar-refractivity contribution in [3.05, 3.63) is 41.5 Å². The molecule has 0 bridgehead atoms. The second-order valence-electron chi connectivity index (χ2n) is 3.65. The number of aromatic nitrogens is 2. The Balaban J connectivity index is 3.01. The van der Waals surface area contributed by atoms with E-state index in [1.165, 1.54) is 0 Å². The fraction of sp³-hybridized carbons (Fsp3) is 0.308. The first-order chi connectivity index (χ1) is 7.54. The summed E-state index contributed by atoms with van der Waals surface area (Å²) >= 11 is 0. The van der Waals surface area contributed by atoms with Crippen molar-refractivity contribution >= 4 is 11.4 Å². The summed E-state index contributed by atoms with van der Waals surface area (Å²) in [7, 11) is 0. The van der Waals surface area contributed by atoms with Gasteiger partial charge >= 0.3 is 0 Å². The van der Waals surface area contributed by atoms with Crippen LogP contribution in [0.1, 0.15) is 32.2 Å². The summed E-state index contributed by atoms with van der Waals surface area (Å²) in [4.78, 5) is 19.5. The summed E-state index contributed by atoms with van der Waals surface area (Å²) in [6.07, 6.45) is 7.19. The van der Waals surface area contributed by atoms with Crippen LogP contribution in [0.4, 0.5) is 0 Å². The lowest BCUT2D eigenvalue weighted by atomic mass is 10.1. The minimum absolute atomic E-state index is 0.0647. The van der Waals surface area contributed by atoms with Crippen molar-refractivity contribution in [2.24, 2.45) is 0 Å². The fourth-order valence-electron chi connectivity index (χ4n) is 1.30. The Morgan fingerprint density at radius 1 is 1.25 bits per heavy atom. The van der Waals surface area contributed by atoms with Crippen molar-refractivity contribution in [3.63, 3.8) is 0 Å². The number of hydrogen-bond acceptors (Lipinski definition) is 3. The molecule has 1 heterocycles. The van der Waals surface area contributed by atoms with E-state index in [-0.39, 0.29) is 5.78 Å². The summed E-state index contributed by atoms with van der Waals surface area (Å²) in [6, 6.07) is 0. The molecule has 0 aliphatic heterocycles. The highest BCUT2D eigenvalue weighted by Gasteiger charge is 2.02. The van der Waals surface area contributed by atoms with Crippen molar-refractivity contribution in [2.45, 2.75) is 27.7 Å². The van der Waals surface area contributed by atoms with Gasteiger partial charge < -0.3 is 0 Å². The van der Waals surface area contributed by atoms with E-state index in [1.54, 1.807) is 25.4 Å². The molecule has 0 aliphatic carbocycles. The highest BCUT2D eigenvalue weighted by Crippen LogP contribution is 2.14. The zero-order valence-electron chi connectivity index (χ0n) is 10.1. The molecule has 0 fully saturated rings. The van der Waals surface area contributed by atoms with Crippen LogP contribution in [0.5, 0.6) is 0 Å². The van der Waals surface area contributed by atoms with Crippen molar-refractivity contribution < 1.29 is 4.79 Å². The summed E-state index contributed by atoms with van der Waals surface area (Å²) in [5, 5.41) is 0. The first-order valence-corrected chi connectivity index (χ1v) is 5.19. The third kappa shape index (κ3) is 3.12. The molecule has 0 atom stereocenters. The van der Waals surface area contributed by atoms with Gasteiger partial charge in [-0.1, -0.05) is 6.08 Å². The van der Waals surface area contributed by atoms with Gasteiger partial charge in [0.15, 0.2) is 5.78 Å². The van der Waals surface area contributed by atoms with E-state index >= 15 is 0 Å². The molecule has 0 N–H and O–H groups in total. The molecule has 3 nitrogen and oxygen atoms in total. The van der Waals surface area contributed by atoms with Gasteiger partial charge in [0, 0.05) is 23.5 Å². The van der Waals surface area contributed by atoms with E-state index in [2.05, 4.69) is 9.97 Å². The number of carbonyl (C=O) groups is 1. The lowest BCUT2D eigenvalue weighted by Crippen LogP contribution is -1.95. The molecule has 1 rings (SSSR count). The monoisotopic (exact) mass is 216 g/mol. The van der Waals surface area contributed by atoms with E-state index in [1.807, 2.05) is 26.8 Å². The predicted molar refractivity (Wildman–Crippen MR) is 64.9 cm³/mol. The zero-order chi connectivity index (χ0) is 12.1. The average molecular weight is 216 g/mol. The molecule has 0 radical (unpaired) electrons. The molecule has 1 aromatic heterocycles. The Morgan fingerprint density at radius 2 is 1.81 bits per heavy atom. The Labute approximate surface area is 95.9 Å². The van der Waals surface area contributed by atoms with Crippen LogP contribution in [-0.4, -0.2) is 15.8 Å². The normalized spacial score (nSPS) is 12.8. The van der Waals surface area contributed by atoms with Crippen molar-refractivity contribution in [1.29, 1.82) is 0 Å². The number of nitrogens with zero attached hydrogens (tertiary/aromatic N) is 2. The Bertz CT molecular complexity index is 442. The van der Waals surface area contributed by atoms with Crippen molar-refractivity contribution in [1.82, 2.24) is 9.97 Å². The third-order valence-electron chi connectivity index (χ3n) is 2.33. The quantitative estimate of drug-likeness (QED) is 0.576. The molecular formula is C13H16N2O. The number of carbonyl (C=O) groups excluding carboxylic acids is 1. The fourth-order valence-corrected chi connectivity index (χ4v) is 1.30. The number of ketones is 1. The molecule has 16 heavy (non-hydrogen) atoms. The Morgan fingerprint density at radius 3 is 2.25 bits per heavy atom. The number of aryl methyl sites for hydroxylation is 1. The van der Waals surface area contributed by atoms with Crippen LogP contribution >= 0.6 is 0 Å². The van der Waals surface area contributed by atoms with Crippen LogP contribution < -0.4 is 0 Å². The van der Waals surface area contributed by atoms with Gasteiger partial charge in [-0.25, -0.2) is 9.97 Å². The second-order valence-corrected chi connectivity index (χ2v) is 3.65. The van der Waals surface area contributed by atoms with Crippen LogP contribution in [0.3, 0.4) is 0 Å². The number of rotatable bonds is 3. The summed E-state index contributed by atoms with van der Waals surface area (Å²) < 4.78 is 0. The topological polar surface area (TPSA) is 42.9 Å². The highest BCUT2D eigenvalue weighted by atomic mass is 16.1. The highest BCUT2D eigenvalue weighted by molar-refractivity contribution is 5.97. The summed E-state index contributed by atoms with van der Waals surface area (Å²) in [5.41, 5.74) is 2.63. The van der Waals surface area contributed by atoms with Crippen LogP contribution in [0.2, 0.25) is 0 Å². The van der Waals surface area contributed by atoms with Gasteiger partial charge in [0.1, 0.15) is 5.82 Å². The largest absolute Gasteiger partial charge is 0.295 e. The molecular weight excluding hydrogens is 200 g/mol. The number of Topliss-reactive ketones (excluding diaryl/α,β-unsaturated/α-hetero) is 1. The molecule has 3 heteroatoms. The van der Waals surface area contributed by atoms with Gasteiger partial charge in [-0.3, -0.25) is 4.79 Å². The van der Waals surface area contributed by atoms with Crippen molar-refractivity contribution in [2.75, 3.05) is 0 Å². The van der Waals surface area contributed by atoms with Crippen molar-refractivity contribution in [3.8, 4) is 0 Å². The lowest BCUT2D eigenvalue weighted by molar-refractivity contribution is -0.113. The van der Waals surface area contributed by atoms with Gasteiger partial charge in [-0.15, -0.1) is 0 Å². The third-order valence-corrected chi connectivity index (χ3v) is 2.33. The van der Waals surface area contributed by atoms with E-state index in [4.69, 9.17) is 0 Å². The summed E-state index contributed by atoms with van der Waals surface area (Å²) in [6.45, 7) is 7.20. The Kier molecular flexibility index (Phi) is 4.11. The van der Waals surface area contributed by atoms with E-state index in [0.717, 1.165) is 17.0 Å². The van der Waals surface area contributed by atoms with Gasteiger partial charge in [-0.2, -0.15) is 0 Å².